The third-order valence-electron chi connectivity index (χ3n) is 4.09. The molecule has 5 heteroatoms. The lowest BCUT2D eigenvalue weighted by molar-refractivity contribution is 0.187. The Morgan fingerprint density at radius 2 is 2.18 bits per heavy atom. The van der Waals surface area contributed by atoms with Crippen LogP contribution < -0.4 is 10.6 Å². The lowest BCUT2D eigenvalue weighted by Gasteiger charge is -2.30. The molecule has 1 aromatic rings. The molecule has 1 aromatic carbocycles. The zero-order valence-electron chi connectivity index (χ0n) is 13.6. The first-order valence-corrected chi connectivity index (χ1v) is 8.09. The standard InChI is InChI=1S/C17H27FN4/c1-14-6-5-10-22(13-14)11-9-20-17(19-2)21-12-15-7-3-4-8-16(15)18/h3-4,7-8,14H,5-6,9-13H2,1-2H3,(H2,19,20,21). The third-order valence-corrected chi connectivity index (χ3v) is 4.09. The number of nitrogens with one attached hydrogen (secondary N) is 2. The van der Waals surface area contributed by atoms with Crippen molar-refractivity contribution in [2.24, 2.45) is 10.9 Å². The fourth-order valence-corrected chi connectivity index (χ4v) is 2.86. The van der Waals surface area contributed by atoms with E-state index in [0.717, 1.165) is 19.0 Å². The Hall–Kier alpha value is -1.62. The van der Waals surface area contributed by atoms with Crippen molar-refractivity contribution >= 4 is 5.96 Å². The zero-order valence-corrected chi connectivity index (χ0v) is 13.6. The van der Waals surface area contributed by atoms with Gasteiger partial charge in [-0.1, -0.05) is 25.1 Å². The number of nitrogens with zero attached hydrogens (tertiary/aromatic N) is 2. The average Bonchev–Trinajstić information content (AvgIpc) is 2.52. The molecule has 2 rings (SSSR count). The normalized spacial score (nSPS) is 20.0. The molecule has 0 aromatic heterocycles. The predicted octanol–water partition coefficient (Wildman–Crippen LogP) is 2.22. The predicted molar refractivity (Wildman–Crippen MR) is 89.4 cm³/mol. The van der Waals surface area contributed by atoms with Crippen LogP contribution in [-0.2, 0) is 6.54 Å². The summed E-state index contributed by atoms with van der Waals surface area (Å²) in [5.41, 5.74) is 0.648. The average molecular weight is 306 g/mol. The molecular weight excluding hydrogens is 279 g/mol. The summed E-state index contributed by atoms with van der Waals surface area (Å²) in [6, 6.07) is 6.80. The van der Waals surface area contributed by atoms with E-state index in [9.17, 15) is 4.39 Å². The van der Waals surface area contributed by atoms with E-state index < -0.39 is 0 Å². The molecule has 4 nitrogen and oxygen atoms in total. The first-order valence-electron chi connectivity index (χ1n) is 8.09. The van der Waals surface area contributed by atoms with Crippen molar-refractivity contribution in [3.63, 3.8) is 0 Å². The monoisotopic (exact) mass is 306 g/mol. The summed E-state index contributed by atoms with van der Waals surface area (Å²) in [4.78, 5) is 6.68. The molecule has 2 N–H and O–H groups in total. The van der Waals surface area contributed by atoms with Gasteiger partial charge < -0.3 is 15.5 Å². The Kier molecular flexibility index (Phi) is 6.65. The number of hydrogen-bond donors (Lipinski definition) is 2. The smallest absolute Gasteiger partial charge is 0.191 e. The zero-order chi connectivity index (χ0) is 15.8. The molecule has 1 atom stereocenters. The van der Waals surface area contributed by atoms with E-state index in [1.165, 1.54) is 32.0 Å². The first kappa shape index (κ1) is 16.7. The minimum Gasteiger partial charge on any atom is -0.355 e. The van der Waals surface area contributed by atoms with Crippen LogP contribution in [0.25, 0.3) is 0 Å². The molecule has 1 fully saturated rings. The van der Waals surface area contributed by atoms with Gasteiger partial charge in [0.15, 0.2) is 5.96 Å². The fraction of sp³-hybridized carbons (Fsp3) is 0.588. The van der Waals surface area contributed by atoms with Crippen LogP contribution in [0.5, 0.6) is 0 Å². The maximum Gasteiger partial charge on any atom is 0.191 e. The highest BCUT2D eigenvalue weighted by atomic mass is 19.1. The highest BCUT2D eigenvalue weighted by molar-refractivity contribution is 5.79. The molecule has 0 amide bonds. The van der Waals surface area contributed by atoms with Gasteiger partial charge in [0.2, 0.25) is 0 Å². The first-order chi connectivity index (χ1) is 10.7. The Labute approximate surface area is 132 Å². The van der Waals surface area contributed by atoms with Gasteiger partial charge in [-0.05, 0) is 31.4 Å². The van der Waals surface area contributed by atoms with E-state index in [4.69, 9.17) is 0 Å². The van der Waals surface area contributed by atoms with Crippen LogP contribution >= 0.6 is 0 Å². The summed E-state index contributed by atoms with van der Waals surface area (Å²) in [6.45, 7) is 6.99. The van der Waals surface area contributed by atoms with Crippen molar-refractivity contribution in [3.8, 4) is 0 Å². The molecule has 1 saturated heterocycles. The van der Waals surface area contributed by atoms with E-state index in [0.29, 0.717) is 18.1 Å². The maximum atomic E-state index is 13.6. The molecule has 1 heterocycles. The van der Waals surface area contributed by atoms with Gasteiger partial charge in [-0.3, -0.25) is 4.99 Å². The van der Waals surface area contributed by atoms with Crippen molar-refractivity contribution in [3.05, 3.63) is 35.6 Å². The summed E-state index contributed by atoms with van der Waals surface area (Å²) in [6.07, 6.45) is 2.64. The number of benzene rings is 1. The Morgan fingerprint density at radius 3 is 2.91 bits per heavy atom. The van der Waals surface area contributed by atoms with E-state index in [2.05, 4.69) is 27.4 Å². The summed E-state index contributed by atoms with van der Waals surface area (Å²) >= 11 is 0. The van der Waals surface area contributed by atoms with E-state index >= 15 is 0 Å². The number of halogens is 1. The van der Waals surface area contributed by atoms with Crippen LogP contribution in [-0.4, -0.2) is 44.1 Å². The summed E-state index contributed by atoms with van der Waals surface area (Å²) in [5.74, 6) is 1.33. The Bertz CT molecular complexity index is 489. The largest absolute Gasteiger partial charge is 0.355 e. The van der Waals surface area contributed by atoms with Crippen LogP contribution in [0, 0.1) is 11.7 Å². The molecule has 1 unspecified atom stereocenters. The van der Waals surface area contributed by atoms with Crippen molar-refractivity contribution in [2.45, 2.75) is 26.3 Å². The van der Waals surface area contributed by atoms with Crippen LogP contribution in [0.1, 0.15) is 25.3 Å². The molecule has 1 aliphatic heterocycles. The number of likely N-dealkylation sites (tertiary alicyclic amines) is 1. The van der Waals surface area contributed by atoms with Crippen molar-refractivity contribution < 1.29 is 4.39 Å². The summed E-state index contributed by atoms with van der Waals surface area (Å²) < 4.78 is 13.6. The number of aliphatic imine (C=N–C) groups is 1. The number of hydrogen-bond acceptors (Lipinski definition) is 2. The van der Waals surface area contributed by atoms with Crippen molar-refractivity contribution in [1.29, 1.82) is 0 Å². The van der Waals surface area contributed by atoms with Crippen LogP contribution in [0.4, 0.5) is 4.39 Å². The number of rotatable bonds is 5. The van der Waals surface area contributed by atoms with E-state index in [1.807, 2.05) is 6.07 Å². The molecular formula is C17H27FN4. The SMILES string of the molecule is CN=C(NCCN1CCCC(C)C1)NCc1ccccc1F. The van der Waals surface area contributed by atoms with Crippen LogP contribution in [0.15, 0.2) is 29.3 Å². The molecule has 122 valence electrons. The topological polar surface area (TPSA) is 39.7 Å². The lowest BCUT2D eigenvalue weighted by Crippen LogP contribution is -2.43. The van der Waals surface area contributed by atoms with Gasteiger partial charge in [-0.25, -0.2) is 4.39 Å². The van der Waals surface area contributed by atoms with Gasteiger partial charge in [-0.15, -0.1) is 0 Å². The second kappa shape index (κ2) is 8.73. The van der Waals surface area contributed by atoms with E-state index in [-0.39, 0.29) is 5.82 Å². The molecule has 0 radical (unpaired) electrons. The minimum atomic E-state index is -0.187. The van der Waals surface area contributed by atoms with Crippen LogP contribution in [0.2, 0.25) is 0 Å². The number of piperidine rings is 1. The fourth-order valence-electron chi connectivity index (χ4n) is 2.86. The van der Waals surface area contributed by atoms with Crippen molar-refractivity contribution in [1.82, 2.24) is 15.5 Å². The molecule has 1 aliphatic rings. The van der Waals surface area contributed by atoms with Crippen molar-refractivity contribution in [2.75, 3.05) is 33.2 Å². The second-order valence-electron chi connectivity index (χ2n) is 5.99. The van der Waals surface area contributed by atoms with Gasteiger partial charge in [-0.2, -0.15) is 0 Å². The summed E-state index contributed by atoms with van der Waals surface area (Å²) in [5, 5.41) is 6.45. The molecule has 0 spiro atoms. The highest BCUT2D eigenvalue weighted by Crippen LogP contribution is 2.14. The Morgan fingerprint density at radius 1 is 1.36 bits per heavy atom. The second-order valence-corrected chi connectivity index (χ2v) is 5.99. The highest BCUT2D eigenvalue weighted by Gasteiger charge is 2.15. The van der Waals surface area contributed by atoms with Gasteiger partial charge in [0.05, 0.1) is 0 Å². The minimum absolute atomic E-state index is 0.187. The van der Waals surface area contributed by atoms with Crippen LogP contribution in [0.3, 0.4) is 0 Å². The molecule has 22 heavy (non-hydrogen) atoms. The number of guanidine groups is 1. The lowest BCUT2D eigenvalue weighted by atomic mass is 10.0. The van der Waals surface area contributed by atoms with Gasteiger partial charge in [0.1, 0.15) is 5.82 Å². The Balaban J connectivity index is 1.70. The van der Waals surface area contributed by atoms with Gasteiger partial charge >= 0.3 is 0 Å². The van der Waals surface area contributed by atoms with Gasteiger partial charge in [0.25, 0.3) is 0 Å². The molecule has 0 aliphatic carbocycles. The van der Waals surface area contributed by atoms with E-state index in [1.54, 1.807) is 19.2 Å². The molecule has 0 saturated carbocycles. The maximum absolute atomic E-state index is 13.6. The molecule has 0 bridgehead atoms. The summed E-state index contributed by atoms with van der Waals surface area (Å²) in [7, 11) is 1.74. The van der Waals surface area contributed by atoms with Gasteiger partial charge in [0, 0.05) is 38.8 Å². The quantitative estimate of drug-likeness (QED) is 0.647. The third kappa shape index (κ3) is 5.30.